The zero-order valence-electron chi connectivity index (χ0n) is 21.2. The number of benzene rings is 1. The summed E-state index contributed by atoms with van der Waals surface area (Å²) >= 11 is 7.70. The highest BCUT2D eigenvalue weighted by molar-refractivity contribution is 8.02. The second kappa shape index (κ2) is 10.4. The molecule has 196 valence electrons. The molecule has 3 saturated heterocycles. The number of rotatable bonds is 9. The predicted molar refractivity (Wildman–Crippen MR) is 142 cm³/mol. The first-order valence-corrected chi connectivity index (χ1v) is 13.8. The van der Waals surface area contributed by atoms with Gasteiger partial charge in [0.1, 0.15) is 6.04 Å². The van der Waals surface area contributed by atoms with E-state index in [-0.39, 0.29) is 54.6 Å². The van der Waals surface area contributed by atoms with Crippen molar-refractivity contribution in [3.05, 3.63) is 41.9 Å². The quantitative estimate of drug-likeness (QED) is 0.383. The fourth-order valence-corrected chi connectivity index (χ4v) is 8.96. The van der Waals surface area contributed by atoms with Crippen molar-refractivity contribution in [1.29, 1.82) is 0 Å². The van der Waals surface area contributed by atoms with E-state index in [2.05, 4.69) is 13.5 Å². The van der Waals surface area contributed by atoms with Gasteiger partial charge >= 0.3 is 5.97 Å². The Morgan fingerprint density at radius 3 is 2.58 bits per heavy atom. The third kappa shape index (κ3) is 4.05. The highest BCUT2D eigenvalue weighted by Gasteiger charge is 2.77. The number of esters is 1. The predicted octanol–water partition coefficient (Wildman–Crippen LogP) is 3.78. The molecule has 9 heteroatoms. The molecular formula is C27H35ClN2O5S. The first-order chi connectivity index (χ1) is 17.1. The van der Waals surface area contributed by atoms with E-state index in [0.29, 0.717) is 10.7 Å². The van der Waals surface area contributed by atoms with Crippen LogP contribution in [0.15, 0.2) is 36.9 Å². The van der Waals surface area contributed by atoms with Crippen molar-refractivity contribution in [2.45, 2.75) is 56.2 Å². The summed E-state index contributed by atoms with van der Waals surface area (Å²) < 4.78 is 4.62. The molecule has 3 heterocycles. The Morgan fingerprint density at radius 1 is 1.36 bits per heavy atom. The third-order valence-corrected chi connectivity index (χ3v) is 10.3. The lowest BCUT2D eigenvalue weighted by Gasteiger charge is -2.42. The molecule has 36 heavy (non-hydrogen) atoms. The Bertz CT molecular complexity index is 1030. The fourth-order valence-electron chi connectivity index (χ4n) is 6.44. The van der Waals surface area contributed by atoms with Crippen LogP contribution in [0.4, 0.5) is 5.69 Å². The molecule has 7 nitrogen and oxygen atoms in total. The highest BCUT2D eigenvalue weighted by atomic mass is 35.5. The van der Waals surface area contributed by atoms with Gasteiger partial charge in [-0.1, -0.05) is 38.4 Å². The summed E-state index contributed by atoms with van der Waals surface area (Å²) in [5, 5.41) is 10.8. The number of hydrogen-bond donors (Lipinski definition) is 1. The lowest BCUT2D eigenvalue weighted by molar-refractivity contribution is -0.154. The molecule has 7 atom stereocenters. The van der Waals surface area contributed by atoms with E-state index in [1.54, 1.807) is 58.8 Å². The second-order valence-corrected chi connectivity index (χ2v) is 12.2. The minimum Gasteiger partial charge on any atom is -0.466 e. The van der Waals surface area contributed by atoms with Gasteiger partial charge in [-0.3, -0.25) is 14.4 Å². The van der Waals surface area contributed by atoms with Crippen molar-refractivity contribution in [3.63, 3.8) is 0 Å². The number of thioether (sulfide) groups is 1. The van der Waals surface area contributed by atoms with E-state index in [4.69, 9.17) is 16.3 Å². The number of ether oxygens (including phenoxy) is 1. The Kier molecular flexibility index (Phi) is 7.79. The summed E-state index contributed by atoms with van der Waals surface area (Å²) in [6, 6.07) is 5.59. The van der Waals surface area contributed by atoms with Crippen LogP contribution in [-0.2, 0) is 19.1 Å². The van der Waals surface area contributed by atoms with Crippen molar-refractivity contribution in [1.82, 2.24) is 4.90 Å². The van der Waals surface area contributed by atoms with Crippen molar-refractivity contribution < 1.29 is 24.2 Å². The number of anilines is 1. The van der Waals surface area contributed by atoms with E-state index in [1.165, 1.54) is 0 Å². The number of hydrogen-bond acceptors (Lipinski definition) is 6. The zero-order chi connectivity index (χ0) is 26.4. The maximum atomic E-state index is 14.5. The standard InChI is InChI=1S/C27H35ClN2O5S/c1-6-12-29(18-10-8-17(28)9-11-18)25(33)23-27-16(5)13-20(36-27)21(26(34)35-7-2)22(27)24(32)30(23)19(14-31)15(3)4/h6,8-11,15-16,19-23,31H,1,7,12-14H2,2-5H3/t16?,19-,20+,21-,22-,23?,27?/m0/s1. The van der Waals surface area contributed by atoms with Gasteiger partial charge < -0.3 is 19.6 Å². The summed E-state index contributed by atoms with van der Waals surface area (Å²) in [7, 11) is 0. The molecule has 0 radical (unpaired) electrons. The first-order valence-electron chi connectivity index (χ1n) is 12.6. The van der Waals surface area contributed by atoms with Crippen LogP contribution in [0.25, 0.3) is 0 Å². The molecular weight excluding hydrogens is 500 g/mol. The molecule has 4 rings (SSSR count). The molecule has 2 amide bonds. The van der Waals surface area contributed by atoms with Gasteiger partial charge in [-0.25, -0.2) is 0 Å². The minimum atomic E-state index is -0.838. The normalized spacial score (nSPS) is 31.5. The van der Waals surface area contributed by atoms with E-state index in [9.17, 15) is 19.5 Å². The van der Waals surface area contributed by atoms with Gasteiger partial charge in [-0.2, -0.15) is 0 Å². The minimum absolute atomic E-state index is 0.0216. The number of likely N-dealkylation sites (tertiary alicyclic amines) is 1. The number of carbonyl (C=O) groups excluding carboxylic acids is 3. The molecule has 0 aliphatic carbocycles. The van der Waals surface area contributed by atoms with Crippen LogP contribution >= 0.6 is 23.4 Å². The van der Waals surface area contributed by atoms with Gasteiger partial charge in [-0.15, -0.1) is 18.3 Å². The monoisotopic (exact) mass is 534 g/mol. The van der Waals surface area contributed by atoms with E-state index >= 15 is 0 Å². The van der Waals surface area contributed by atoms with Crippen LogP contribution in [0.1, 0.15) is 34.1 Å². The third-order valence-electron chi connectivity index (χ3n) is 8.01. The van der Waals surface area contributed by atoms with Gasteiger partial charge in [0.2, 0.25) is 5.91 Å². The molecule has 3 aliphatic heterocycles. The summed E-state index contributed by atoms with van der Waals surface area (Å²) in [4.78, 5) is 45.1. The van der Waals surface area contributed by atoms with Crippen LogP contribution in [0.2, 0.25) is 5.02 Å². The smallest absolute Gasteiger partial charge is 0.310 e. The fraction of sp³-hybridized carbons (Fsp3) is 0.593. The Balaban J connectivity index is 1.86. The number of amides is 2. The molecule has 1 aromatic carbocycles. The lowest BCUT2D eigenvalue weighted by Crippen LogP contribution is -2.60. The van der Waals surface area contributed by atoms with Crippen molar-refractivity contribution in [3.8, 4) is 0 Å². The van der Waals surface area contributed by atoms with E-state index in [0.717, 1.165) is 6.42 Å². The van der Waals surface area contributed by atoms with Gasteiger partial charge in [0.25, 0.3) is 5.91 Å². The molecule has 1 N–H and O–H groups in total. The van der Waals surface area contributed by atoms with E-state index in [1.807, 2.05) is 13.8 Å². The molecule has 1 spiro atoms. The van der Waals surface area contributed by atoms with Crippen LogP contribution in [0, 0.1) is 23.7 Å². The molecule has 3 aliphatic rings. The van der Waals surface area contributed by atoms with Crippen LogP contribution in [0.5, 0.6) is 0 Å². The number of aliphatic hydroxyl groups excluding tert-OH is 1. The summed E-state index contributed by atoms with van der Waals surface area (Å²) in [5.41, 5.74) is 0.647. The van der Waals surface area contributed by atoms with Crippen molar-refractivity contribution >= 4 is 46.8 Å². The number of aliphatic hydroxyl groups is 1. The number of nitrogens with zero attached hydrogens (tertiary/aromatic N) is 2. The maximum absolute atomic E-state index is 14.5. The second-order valence-electron chi connectivity index (χ2n) is 10.3. The average Bonchev–Trinajstić information content (AvgIpc) is 3.42. The van der Waals surface area contributed by atoms with Crippen LogP contribution < -0.4 is 4.90 Å². The van der Waals surface area contributed by atoms with E-state index < -0.39 is 28.7 Å². The zero-order valence-corrected chi connectivity index (χ0v) is 22.8. The SMILES string of the molecule is C=CCN(C(=O)C1N([C@@H](CO)C(C)C)C(=O)[C@@H]2[C@@H](C(=O)OCC)[C@H]3CC(C)C12S3)c1ccc(Cl)cc1. The largest absolute Gasteiger partial charge is 0.466 e. The summed E-state index contributed by atoms with van der Waals surface area (Å²) in [6.45, 7) is 11.7. The topological polar surface area (TPSA) is 87.2 Å². The summed E-state index contributed by atoms with van der Waals surface area (Å²) in [5.74, 6) is -2.20. The molecule has 0 aromatic heterocycles. The van der Waals surface area contributed by atoms with Gasteiger partial charge in [0.05, 0.1) is 35.8 Å². The number of fused-ring (bicyclic) bond motifs is 1. The lowest BCUT2D eigenvalue weighted by atomic mass is 9.66. The average molecular weight is 535 g/mol. The van der Waals surface area contributed by atoms with Crippen LogP contribution in [0.3, 0.4) is 0 Å². The molecule has 2 bridgehead atoms. The number of halogens is 1. The van der Waals surface area contributed by atoms with Crippen molar-refractivity contribution in [2.75, 3.05) is 24.7 Å². The molecule has 0 saturated carbocycles. The van der Waals surface area contributed by atoms with Crippen LogP contribution in [-0.4, -0.2) is 69.6 Å². The molecule has 1 aromatic rings. The van der Waals surface area contributed by atoms with Gasteiger partial charge in [0.15, 0.2) is 0 Å². The van der Waals surface area contributed by atoms with Gasteiger partial charge in [-0.05, 0) is 49.4 Å². The van der Waals surface area contributed by atoms with Crippen molar-refractivity contribution in [2.24, 2.45) is 23.7 Å². The number of carbonyl (C=O) groups is 3. The Hall–Kier alpha value is -2.03. The maximum Gasteiger partial charge on any atom is 0.310 e. The first kappa shape index (κ1) is 27.0. The highest BCUT2D eigenvalue weighted by Crippen LogP contribution is 2.69. The Labute approximate surface area is 222 Å². The molecule has 3 fully saturated rings. The Morgan fingerprint density at radius 2 is 2.03 bits per heavy atom. The molecule has 3 unspecified atom stereocenters. The van der Waals surface area contributed by atoms with Gasteiger partial charge in [0, 0.05) is 22.5 Å². The summed E-state index contributed by atoms with van der Waals surface area (Å²) in [6.07, 6.45) is 2.38.